The fourth-order valence-electron chi connectivity index (χ4n) is 3.57. The predicted octanol–water partition coefficient (Wildman–Crippen LogP) is 4.37. The van der Waals surface area contributed by atoms with Crippen molar-refractivity contribution < 1.29 is 0 Å². The molecule has 1 aliphatic rings. The van der Waals surface area contributed by atoms with E-state index in [-0.39, 0.29) is 0 Å². The minimum absolute atomic E-state index is 0.510. The highest BCUT2D eigenvalue weighted by Gasteiger charge is 2.26. The SMILES string of the molecule is CCCCCCCC(CN)N1CC(C)Cc2ccccc21. The average molecular weight is 288 g/mol. The van der Waals surface area contributed by atoms with Crippen molar-refractivity contribution in [2.24, 2.45) is 11.7 Å². The number of hydrogen-bond acceptors (Lipinski definition) is 2. The third-order valence-corrected chi connectivity index (χ3v) is 4.73. The van der Waals surface area contributed by atoms with E-state index in [1.807, 2.05) is 0 Å². The molecule has 0 spiro atoms. The van der Waals surface area contributed by atoms with Crippen LogP contribution in [-0.2, 0) is 6.42 Å². The van der Waals surface area contributed by atoms with Crippen molar-refractivity contribution in [2.45, 2.75) is 64.8 Å². The first-order valence-electron chi connectivity index (χ1n) is 8.80. The molecule has 2 heteroatoms. The first-order chi connectivity index (χ1) is 10.3. The molecule has 1 aromatic carbocycles. The van der Waals surface area contributed by atoms with Gasteiger partial charge in [-0.05, 0) is 30.4 Å². The zero-order valence-electron chi connectivity index (χ0n) is 13.9. The summed E-state index contributed by atoms with van der Waals surface area (Å²) < 4.78 is 0. The van der Waals surface area contributed by atoms with Crippen molar-refractivity contribution in [3.63, 3.8) is 0 Å². The Bertz CT molecular complexity index is 416. The summed E-state index contributed by atoms with van der Waals surface area (Å²) in [6.07, 6.45) is 9.18. The Hall–Kier alpha value is -1.02. The van der Waals surface area contributed by atoms with Crippen LogP contribution in [0.4, 0.5) is 5.69 Å². The van der Waals surface area contributed by atoms with Gasteiger partial charge < -0.3 is 10.6 Å². The monoisotopic (exact) mass is 288 g/mol. The highest BCUT2D eigenvalue weighted by Crippen LogP contribution is 2.31. The van der Waals surface area contributed by atoms with Crippen LogP contribution in [0.15, 0.2) is 24.3 Å². The van der Waals surface area contributed by atoms with Crippen LogP contribution >= 0.6 is 0 Å². The van der Waals surface area contributed by atoms with Gasteiger partial charge in [0.2, 0.25) is 0 Å². The number of para-hydroxylation sites is 1. The fourth-order valence-corrected chi connectivity index (χ4v) is 3.57. The van der Waals surface area contributed by atoms with Crippen molar-refractivity contribution in [3.8, 4) is 0 Å². The molecule has 118 valence electrons. The molecule has 2 atom stereocenters. The Kier molecular flexibility index (Phi) is 6.56. The molecule has 1 heterocycles. The number of anilines is 1. The average Bonchev–Trinajstić information content (AvgIpc) is 2.50. The van der Waals surface area contributed by atoms with Crippen LogP contribution in [0.25, 0.3) is 0 Å². The number of hydrogen-bond donors (Lipinski definition) is 1. The molecule has 0 fully saturated rings. The molecular formula is C19H32N2. The van der Waals surface area contributed by atoms with Crippen LogP contribution in [0, 0.1) is 5.92 Å². The molecule has 2 nitrogen and oxygen atoms in total. The Morgan fingerprint density at radius 1 is 1.19 bits per heavy atom. The standard InChI is InChI=1S/C19H32N2/c1-3-4-5-6-7-11-18(14-20)21-15-16(2)13-17-10-8-9-12-19(17)21/h8-10,12,16,18H,3-7,11,13-15,20H2,1-2H3. The quantitative estimate of drug-likeness (QED) is 0.720. The van der Waals surface area contributed by atoms with Gasteiger partial charge in [0.05, 0.1) is 0 Å². The number of rotatable bonds is 8. The lowest BCUT2D eigenvalue weighted by molar-refractivity contribution is 0.452. The van der Waals surface area contributed by atoms with E-state index in [4.69, 9.17) is 5.73 Å². The van der Waals surface area contributed by atoms with E-state index >= 15 is 0 Å². The van der Waals surface area contributed by atoms with Gasteiger partial charge in [-0.1, -0.05) is 64.2 Å². The van der Waals surface area contributed by atoms with Crippen LogP contribution in [0.5, 0.6) is 0 Å². The number of benzene rings is 1. The minimum Gasteiger partial charge on any atom is -0.367 e. The van der Waals surface area contributed by atoms with E-state index < -0.39 is 0 Å². The molecule has 2 unspecified atom stereocenters. The normalized spacial score (nSPS) is 19.4. The molecule has 0 aliphatic carbocycles. The Balaban J connectivity index is 1.97. The molecule has 1 aromatic rings. The zero-order valence-corrected chi connectivity index (χ0v) is 13.9. The van der Waals surface area contributed by atoms with Crippen LogP contribution in [-0.4, -0.2) is 19.1 Å². The van der Waals surface area contributed by atoms with Gasteiger partial charge in [0.15, 0.2) is 0 Å². The van der Waals surface area contributed by atoms with Gasteiger partial charge in [-0.3, -0.25) is 0 Å². The molecule has 0 radical (unpaired) electrons. The smallest absolute Gasteiger partial charge is 0.0412 e. The molecule has 0 aromatic heterocycles. The second-order valence-electron chi connectivity index (χ2n) is 6.68. The van der Waals surface area contributed by atoms with Gasteiger partial charge in [0.25, 0.3) is 0 Å². The summed E-state index contributed by atoms with van der Waals surface area (Å²) in [5.41, 5.74) is 9.04. The Morgan fingerprint density at radius 2 is 1.95 bits per heavy atom. The maximum absolute atomic E-state index is 6.11. The zero-order chi connectivity index (χ0) is 15.1. The molecular weight excluding hydrogens is 256 g/mol. The summed E-state index contributed by atoms with van der Waals surface area (Å²) in [7, 11) is 0. The van der Waals surface area contributed by atoms with Crippen molar-refractivity contribution in [3.05, 3.63) is 29.8 Å². The van der Waals surface area contributed by atoms with Crippen molar-refractivity contribution in [1.82, 2.24) is 0 Å². The van der Waals surface area contributed by atoms with Crippen LogP contribution < -0.4 is 10.6 Å². The third kappa shape index (κ3) is 4.47. The molecule has 2 N–H and O–H groups in total. The van der Waals surface area contributed by atoms with Gasteiger partial charge in [-0.2, -0.15) is 0 Å². The van der Waals surface area contributed by atoms with Crippen molar-refractivity contribution >= 4 is 5.69 Å². The Morgan fingerprint density at radius 3 is 2.71 bits per heavy atom. The molecule has 2 rings (SSSR count). The predicted molar refractivity (Wildman–Crippen MR) is 92.9 cm³/mol. The first-order valence-corrected chi connectivity index (χ1v) is 8.80. The number of nitrogens with zero attached hydrogens (tertiary/aromatic N) is 1. The maximum Gasteiger partial charge on any atom is 0.0412 e. The molecule has 1 aliphatic heterocycles. The van der Waals surface area contributed by atoms with E-state index in [0.29, 0.717) is 6.04 Å². The summed E-state index contributed by atoms with van der Waals surface area (Å²) in [6, 6.07) is 9.40. The van der Waals surface area contributed by atoms with Gasteiger partial charge >= 0.3 is 0 Å². The fraction of sp³-hybridized carbons (Fsp3) is 0.684. The minimum atomic E-state index is 0.510. The van der Waals surface area contributed by atoms with Gasteiger partial charge in [0.1, 0.15) is 0 Å². The molecule has 0 amide bonds. The molecule has 0 bridgehead atoms. The van der Waals surface area contributed by atoms with Crippen LogP contribution in [0.3, 0.4) is 0 Å². The lowest BCUT2D eigenvalue weighted by Crippen LogP contribution is -2.45. The van der Waals surface area contributed by atoms with Gasteiger partial charge in [-0.15, -0.1) is 0 Å². The lowest BCUT2D eigenvalue weighted by atomic mass is 9.91. The second kappa shape index (κ2) is 8.43. The second-order valence-corrected chi connectivity index (χ2v) is 6.68. The van der Waals surface area contributed by atoms with Crippen LogP contribution in [0.2, 0.25) is 0 Å². The lowest BCUT2D eigenvalue weighted by Gasteiger charge is -2.40. The van der Waals surface area contributed by atoms with Gasteiger partial charge in [-0.25, -0.2) is 0 Å². The summed E-state index contributed by atoms with van der Waals surface area (Å²) in [4.78, 5) is 2.59. The molecule has 0 saturated carbocycles. The topological polar surface area (TPSA) is 29.3 Å². The molecule has 0 saturated heterocycles. The van der Waals surface area contributed by atoms with E-state index in [2.05, 4.69) is 43.0 Å². The van der Waals surface area contributed by atoms with E-state index in [1.165, 1.54) is 56.2 Å². The van der Waals surface area contributed by atoms with Crippen LogP contribution in [0.1, 0.15) is 57.9 Å². The van der Waals surface area contributed by atoms with E-state index in [0.717, 1.165) is 19.0 Å². The van der Waals surface area contributed by atoms with E-state index in [9.17, 15) is 0 Å². The Labute approximate surface area is 130 Å². The van der Waals surface area contributed by atoms with Crippen molar-refractivity contribution in [1.29, 1.82) is 0 Å². The van der Waals surface area contributed by atoms with E-state index in [1.54, 1.807) is 0 Å². The summed E-state index contributed by atoms with van der Waals surface area (Å²) >= 11 is 0. The highest BCUT2D eigenvalue weighted by molar-refractivity contribution is 5.56. The first kappa shape index (κ1) is 16.4. The summed E-state index contributed by atoms with van der Waals surface area (Å²) in [6.45, 7) is 6.56. The number of nitrogens with two attached hydrogens (primary N) is 1. The largest absolute Gasteiger partial charge is 0.367 e. The summed E-state index contributed by atoms with van der Waals surface area (Å²) in [5, 5.41) is 0. The van der Waals surface area contributed by atoms with Gasteiger partial charge in [0, 0.05) is 24.8 Å². The summed E-state index contributed by atoms with van der Waals surface area (Å²) in [5.74, 6) is 0.731. The maximum atomic E-state index is 6.11. The van der Waals surface area contributed by atoms with Crippen molar-refractivity contribution in [2.75, 3.05) is 18.0 Å². The third-order valence-electron chi connectivity index (χ3n) is 4.73. The number of fused-ring (bicyclic) bond motifs is 1. The highest BCUT2D eigenvalue weighted by atomic mass is 15.2. The molecule has 21 heavy (non-hydrogen) atoms. The number of unbranched alkanes of at least 4 members (excludes halogenated alkanes) is 4.